The van der Waals surface area contributed by atoms with Crippen LogP contribution in [0.25, 0.3) is 0 Å². The second kappa shape index (κ2) is 4.98. The Labute approximate surface area is 108 Å². The van der Waals surface area contributed by atoms with Crippen molar-refractivity contribution in [1.29, 1.82) is 0 Å². The number of quaternary nitrogens is 1. The fourth-order valence-electron chi connectivity index (χ4n) is 2.03. The summed E-state index contributed by atoms with van der Waals surface area (Å²) in [4.78, 5) is 14.7. The summed E-state index contributed by atoms with van der Waals surface area (Å²) >= 11 is 0. The maximum Gasteiger partial charge on any atom is 0.414 e. The van der Waals surface area contributed by atoms with Gasteiger partial charge in [0.05, 0.1) is 14.1 Å². The molecule has 1 aliphatic heterocycles. The Hall–Kier alpha value is -1.55. The highest BCUT2D eigenvalue weighted by atomic mass is 16.6. The number of carbonyl (C=O) groups excluding carboxylic acids is 1. The van der Waals surface area contributed by atoms with Crippen LogP contribution in [0.1, 0.15) is 24.1 Å². The molecule has 1 atom stereocenters. The van der Waals surface area contributed by atoms with E-state index in [1.807, 2.05) is 6.07 Å². The van der Waals surface area contributed by atoms with Crippen LogP contribution in [0, 0.1) is 0 Å². The van der Waals surface area contributed by atoms with Gasteiger partial charge in [-0.2, -0.15) is 0 Å². The van der Waals surface area contributed by atoms with Gasteiger partial charge in [-0.25, -0.2) is 4.79 Å². The smallest absolute Gasteiger partial charge is 0.410 e. The molecular formula is C14H21N2O2+. The van der Waals surface area contributed by atoms with Crippen LogP contribution < -0.4 is 9.64 Å². The van der Waals surface area contributed by atoms with E-state index in [1.165, 1.54) is 10.5 Å². The van der Waals surface area contributed by atoms with Crippen molar-refractivity contribution in [3.05, 3.63) is 29.3 Å². The molecule has 1 heterocycles. The molecule has 0 saturated heterocycles. The number of amides is 1. The molecule has 1 amide bonds. The lowest BCUT2D eigenvalue weighted by Crippen LogP contribution is -3.05. The SMILES string of the molecule is CC(c1ccc2c(c1)OC(=O)N(C)CC2)[NH+](C)C. The van der Waals surface area contributed by atoms with Crippen molar-refractivity contribution in [3.8, 4) is 5.75 Å². The average molecular weight is 249 g/mol. The number of hydrogen-bond donors (Lipinski definition) is 1. The Morgan fingerprint density at radius 1 is 1.39 bits per heavy atom. The lowest BCUT2D eigenvalue weighted by atomic mass is 10.0. The van der Waals surface area contributed by atoms with Crippen molar-refractivity contribution in [2.45, 2.75) is 19.4 Å². The highest BCUT2D eigenvalue weighted by molar-refractivity contribution is 5.71. The number of likely N-dealkylation sites (N-methyl/N-ethyl adjacent to an activating group) is 1. The Morgan fingerprint density at radius 2 is 2.11 bits per heavy atom. The van der Waals surface area contributed by atoms with E-state index in [0.29, 0.717) is 12.6 Å². The Bertz CT molecular complexity index is 457. The molecule has 1 N–H and O–H groups in total. The number of nitrogens with zero attached hydrogens (tertiary/aromatic N) is 1. The zero-order valence-electron chi connectivity index (χ0n) is 11.5. The molecule has 98 valence electrons. The van der Waals surface area contributed by atoms with E-state index in [-0.39, 0.29) is 6.09 Å². The number of carbonyl (C=O) groups is 1. The van der Waals surface area contributed by atoms with Gasteiger partial charge in [-0.05, 0) is 25.0 Å². The molecular weight excluding hydrogens is 228 g/mol. The second-order valence-electron chi connectivity index (χ2n) is 5.21. The van der Waals surface area contributed by atoms with E-state index in [2.05, 4.69) is 33.2 Å². The number of hydrogen-bond acceptors (Lipinski definition) is 2. The molecule has 0 aliphatic carbocycles. The minimum absolute atomic E-state index is 0.268. The quantitative estimate of drug-likeness (QED) is 0.844. The van der Waals surface area contributed by atoms with Gasteiger partial charge in [-0.1, -0.05) is 12.1 Å². The van der Waals surface area contributed by atoms with Crippen molar-refractivity contribution in [3.63, 3.8) is 0 Å². The van der Waals surface area contributed by atoms with Crippen molar-refractivity contribution in [2.24, 2.45) is 0 Å². The zero-order valence-corrected chi connectivity index (χ0v) is 11.5. The summed E-state index contributed by atoms with van der Waals surface area (Å²) in [5.41, 5.74) is 2.31. The molecule has 1 aromatic carbocycles. The largest absolute Gasteiger partial charge is 0.414 e. The third kappa shape index (κ3) is 2.48. The van der Waals surface area contributed by atoms with Gasteiger partial charge in [0.25, 0.3) is 0 Å². The molecule has 0 fully saturated rings. The van der Waals surface area contributed by atoms with Crippen molar-refractivity contribution in [1.82, 2.24) is 4.90 Å². The van der Waals surface area contributed by atoms with Crippen molar-refractivity contribution >= 4 is 6.09 Å². The minimum atomic E-state index is -0.268. The maximum atomic E-state index is 11.7. The third-order valence-electron chi connectivity index (χ3n) is 3.68. The number of fused-ring (bicyclic) bond motifs is 1. The van der Waals surface area contributed by atoms with E-state index in [1.54, 1.807) is 11.9 Å². The average Bonchev–Trinajstić information content (AvgIpc) is 2.48. The molecule has 2 rings (SSSR count). The van der Waals surface area contributed by atoms with Gasteiger partial charge in [0.2, 0.25) is 0 Å². The van der Waals surface area contributed by atoms with Crippen LogP contribution in [-0.4, -0.2) is 38.7 Å². The maximum absolute atomic E-state index is 11.7. The van der Waals surface area contributed by atoms with E-state index >= 15 is 0 Å². The first-order valence-electron chi connectivity index (χ1n) is 6.35. The summed E-state index contributed by atoms with van der Waals surface area (Å²) in [5.74, 6) is 0.718. The van der Waals surface area contributed by atoms with Gasteiger partial charge in [-0.15, -0.1) is 0 Å². The summed E-state index contributed by atoms with van der Waals surface area (Å²) in [6.45, 7) is 2.88. The number of ether oxygens (including phenoxy) is 1. The van der Waals surface area contributed by atoms with Crippen LogP contribution in [0.2, 0.25) is 0 Å². The van der Waals surface area contributed by atoms with Crippen molar-refractivity contribution in [2.75, 3.05) is 27.7 Å². The fraction of sp³-hybridized carbons (Fsp3) is 0.500. The van der Waals surface area contributed by atoms with Crippen LogP contribution in [0.3, 0.4) is 0 Å². The predicted octanol–water partition coefficient (Wildman–Crippen LogP) is 0.879. The molecule has 18 heavy (non-hydrogen) atoms. The van der Waals surface area contributed by atoms with E-state index in [0.717, 1.165) is 17.7 Å². The third-order valence-corrected chi connectivity index (χ3v) is 3.68. The first-order chi connectivity index (χ1) is 8.49. The van der Waals surface area contributed by atoms with Crippen LogP contribution >= 0.6 is 0 Å². The molecule has 1 aromatic rings. The van der Waals surface area contributed by atoms with E-state index in [9.17, 15) is 4.79 Å². The number of nitrogens with one attached hydrogen (secondary N) is 1. The summed E-state index contributed by atoms with van der Waals surface area (Å²) in [6, 6.07) is 6.60. The zero-order chi connectivity index (χ0) is 13.3. The van der Waals surface area contributed by atoms with Gasteiger partial charge in [0.1, 0.15) is 11.8 Å². The summed E-state index contributed by atoms with van der Waals surface area (Å²) in [5, 5.41) is 0. The standard InChI is InChI=1S/C14H20N2O2/c1-10(15(2)3)12-6-5-11-7-8-16(4)14(17)18-13(11)9-12/h5-6,9-10H,7-8H2,1-4H3/p+1. The van der Waals surface area contributed by atoms with Gasteiger partial charge >= 0.3 is 6.09 Å². The highest BCUT2D eigenvalue weighted by Gasteiger charge is 2.21. The van der Waals surface area contributed by atoms with Gasteiger partial charge in [0.15, 0.2) is 0 Å². The van der Waals surface area contributed by atoms with Crippen molar-refractivity contribution < 1.29 is 14.4 Å². The topological polar surface area (TPSA) is 34.0 Å². The molecule has 0 saturated carbocycles. The van der Waals surface area contributed by atoms with Gasteiger partial charge in [-0.3, -0.25) is 0 Å². The molecule has 0 aromatic heterocycles. The first-order valence-corrected chi connectivity index (χ1v) is 6.35. The normalized spacial score (nSPS) is 17.2. The summed E-state index contributed by atoms with van der Waals surface area (Å²) in [7, 11) is 6.01. The van der Waals surface area contributed by atoms with Crippen LogP contribution in [0.15, 0.2) is 18.2 Å². The molecule has 4 nitrogen and oxygen atoms in total. The molecule has 0 bridgehead atoms. The van der Waals surface area contributed by atoms with Gasteiger partial charge in [0, 0.05) is 19.2 Å². The van der Waals surface area contributed by atoms with Crippen LogP contribution in [0.5, 0.6) is 5.75 Å². The molecule has 1 unspecified atom stereocenters. The monoisotopic (exact) mass is 249 g/mol. The molecule has 0 radical (unpaired) electrons. The number of benzene rings is 1. The van der Waals surface area contributed by atoms with Crippen LogP contribution in [0.4, 0.5) is 4.79 Å². The van der Waals surface area contributed by atoms with Crippen LogP contribution in [-0.2, 0) is 6.42 Å². The first kappa shape index (κ1) is 12.9. The summed E-state index contributed by atoms with van der Waals surface area (Å²) in [6.07, 6.45) is 0.580. The molecule has 1 aliphatic rings. The lowest BCUT2D eigenvalue weighted by Gasteiger charge is -2.18. The number of rotatable bonds is 2. The minimum Gasteiger partial charge on any atom is -0.410 e. The predicted molar refractivity (Wildman–Crippen MR) is 70.0 cm³/mol. The van der Waals surface area contributed by atoms with Gasteiger partial charge < -0.3 is 14.5 Å². The second-order valence-corrected chi connectivity index (χ2v) is 5.21. The summed E-state index contributed by atoms with van der Waals surface area (Å²) < 4.78 is 5.42. The Morgan fingerprint density at radius 3 is 2.78 bits per heavy atom. The fourth-order valence-corrected chi connectivity index (χ4v) is 2.03. The Balaban J connectivity index is 2.32. The Kier molecular flexibility index (Phi) is 3.57. The van der Waals surface area contributed by atoms with E-state index in [4.69, 9.17) is 4.74 Å². The lowest BCUT2D eigenvalue weighted by molar-refractivity contribution is -0.890. The highest BCUT2D eigenvalue weighted by Crippen LogP contribution is 2.26. The molecule has 4 heteroatoms. The van der Waals surface area contributed by atoms with E-state index < -0.39 is 0 Å². The molecule has 0 spiro atoms.